The first-order valence-electron chi connectivity index (χ1n) is 11.2. The highest BCUT2D eigenvalue weighted by atomic mass is 31.2. The number of carbonyl (C=O) groups is 2. The summed E-state index contributed by atoms with van der Waals surface area (Å²) in [6, 6.07) is 7.28. The summed E-state index contributed by atoms with van der Waals surface area (Å²) in [7, 11) is -4.12. The van der Waals surface area contributed by atoms with Crippen molar-refractivity contribution in [2.24, 2.45) is 0 Å². The van der Waals surface area contributed by atoms with Crippen LogP contribution in [-0.4, -0.2) is 53.5 Å². The van der Waals surface area contributed by atoms with Gasteiger partial charge in [-0.05, 0) is 39.8 Å². The number of amides is 1. The molecule has 0 spiro atoms. The highest BCUT2D eigenvalue weighted by Gasteiger charge is 2.50. The van der Waals surface area contributed by atoms with Crippen molar-refractivity contribution >= 4 is 19.6 Å². The lowest BCUT2D eigenvalue weighted by molar-refractivity contribution is -0.149. The Labute approximate surface area is 204 Å². The van der Waals surface area contributed by atoms with Crippen molar-refractivity contribution in [3.8, 4) is 5.75 Å². The van der Waals surface area contributed by atoms with E-state index in [4.69, 9.17) is 18.5 Å². The second-order valence-corrected chi connectivity index (χ2v) is 10.5. The van der Waals surface area contributed by atoms with Gasteiger partial charge in [-0.1, -0.05) is 24.8 Å². The first kappa shape index (κ1) is 26.9. The summed E-state index contributed by atoms with van der Waals surface area (Å²) in [4.78, 5) is 25.1. The van der Waals surface area contributed by atoms with Crippen LogP contribution in [0.2, 0.25) is 0 Å². The van der Waals surface area contributed by atoms with Crippen molar-refractivity contribution in [1.82, 2.24) is 15.3 Å². The van der Waals surface area contributed by atoms with Crippen molar-refractivity contribution in [2.75, 3.05) is 6.61 Å². The van der Waals surface area contributed by atoms with Crippen LogP contribution >= 0.6 is 7.75 Å². The largest absolute Gasteiger partial charge is 0.462 e. The Morgan fingerprint density at radius 1 is 1.37 bits per heavy atom. The predicted octanol–water partition coefficient (Wildman–Crippen LogP) is 3.38. The Kier molecular flexibility index (Phi) is 8.38. The Morgan fingerprint density at radius 3 is 2.69 bits per heavy atom. The standard InChI is InChI=1S/C23H31FN3O7P/c1-15(2)32-21(29)16(3)26-35(30,34-18-9-7-6-8-10-18)31-14-19-13-23(5,24)22(33-19)27-12-11-20(28)25-17(27)4/h6-12,15-16,19,22H,4,13-14H2,1-3,5H3,(H,25,28)(H,26,30)/t16?,19-,22+,23+,35?/m0/s1. The molecule has 2 heterocycles. The molecule has 0 bridgehead atoms. The van der Waals surface area contributed by atoms with Crippen LogP contribution in [0.5, 0.6) is 5.75 Å². The van der Waals surface area contributed by atoms with Gasteiger partial charge < -0.3 is 24.2 Å². The minimum atomic E-state index is -4.12. The summed E-state index contributed by atoms with van der Waals surface area (Å²) in [5.41, 5.74) is -1.84. The average molecular weight is 511 g/mol. The molecule has 0 aliphatic carbocycles. The van der Waals surface area contributed by atoms with Crippen molar-refractivity contribution in [3.05, 3.63) is 55.0 Å². The van der Waals surface area contributed by atoms with Gasteiger partial charge in [-0.2, -0.15) is 5.09 Å². The van der Waals surface area contributed by atoms with E-state index < -0.39 is 37.8 Å². The minimum absolute atomic E-state index is 0.0838. The molecule has 0 aromatic heterocycles. The number of esters is 1. The molecule has 1 aromatic carbocycles. The zero-order valence-corrected chi connectivity index (χ0v) is 21.0. The highest BCUT2D eigenvalue weighted by molar-refractivity contribution is 7.52. The second-order valence-electron chi connectivity index (χ2n) is 8.79. The molecule has 5 atom stereocenters. The van der Waals surface area contributed by atoms with Gasteiger partial charge >= 0.3 is 13.7 Å². The number of hydrogen-bond acceptors (Lipinski definition) is 8. The van der Waals surface area contributed by atoms with Gasteiger partial charge in [0.25, 0.3) is 5.91 Å². The van der Waals surface area contributed by atoms with E-state index in [1.54, 1.807) is 44.2 Å². The molecule has 192 valence electrons. The molecule has 2 N–H and O–H groups in total. The van der Waals surface area contributed by atoms with E-state index in [0.29, 0.717) is 0 Å². The quantitative estimate of drug-likeness (QED) is 0.360. The monoisotopic (exact) mass is 511 g/mol. The third-order valence-corrected chi connectivity index (χ3v) is 6.78. The van der Waals surface area contributed by atoms with Crippen LogP contribution in [0.3, 0.4) is 0 Å². The van der Waals surface area contributed by atoms with E-state index in [0.717, 1.165) is 0 Å². The number of alkyl halides is 1. The first-order valence-corrected chi connectivity index (χ1v) is 12.7. The maximum Gasteiger partial charge on any atom is 0.459 e. The Balaban J connectivity index is 1.71. The number of nitrogens with one attached hydrogen (secondary N) is 2. The zero-order valence-electron chi connectivity index (χ0n) is 20.1. The summed E-state index contributed by atoms with van der Waals surface area (Å²) < 4.78 is 51.2. The molecule has 12 heteroatoms. The molecule has 35 heavy (non-hydrogen) atoms. The van der Waals surface area contributed by atoms with Crippen LogP contribution in [0.15, 0.2) is 55.0 Å². The number of ether oxygens (including phenoxy) is 2. The van der Waals surface area contributed by atoms with Crippen LogP contribution in [0.25, 0.3) is 0 Å². The van der Waals surface area contributed by atoms with Crippen molar-refractivity contribution in [3.63, 3.8) is 0 Å². The summed E-state index contributed by atoms with van der Waals surface area (Å²) in [5, 5.41) is 5.08. The van der Waals surface area contributed by atoms with Gasteiger partial charge in [-0.15, -0.1) is 0 Å². The highest BCUT2D eigenvalue weighted by Crippen LogP contribution is 2.46. The van der Waals surface area contributed by atoms with Gasteiger partial charge in [0.15, 0.2) is 11.9 Å². The molecule has 10 nitrogen and oxygen atoms in total. The molecule has 2 aliphatic heterocycles. The lowest BCUT2D eigenvalue weighted by Gasteiger charge is -2.35. The van der Waals surface area contributed by atoms with Gasteiger partial charge in [0.2, 0.25) is 0 Å². The molecule has 1 amide bonds. The molecule has 2 aliphatic rings. The van der Waals surface area contributed by atoms with E-state index in [1.165, 1.54) is 31.0 Å². The third-order valence-electron chi connectivity index (χ3n) is 5.14. The van der Waals surface area contributed by atoms with E-state index in [2.05, 4.69) is 17.0 Å². The number of benzene rings is 1. The minimum Gasteiger partial charge on any atom is -0.462 e. The number of rotatable bonds is 10. The lowest BCUT2D eigenvalue weighted by atomic mass is 10.0. The number of para-hydroxylation sites is 1. The smallest absolute Gasteiger partial charge is 0.459 e. The van der Waals surface area contributed by atoms with Gasteiger partial charge in [0, 0.05) is 18.7 Å². The Bertz CT molecular complexity index is 1020. The molecule has 3 rings (SSSR count). The fourth-order valence-corrected chi connectivity index (χ4v) is 5.12. The van der Waals surface area contributed by atoms with E-state index in [9.17, 15) is 14.2 Å². The van der Waals surface area contributed by atoms with E-state index in [1.807, 2.05) is 0 Å². The third kappa shape index (κ3) is 7.14. The van der Waals surface area contributed by atoms with E-state index in [-0.39, 0.29) is 36.6 Å². The number of nitrogens with zero attached hydrogens (tertiary/aromatic N) is 1. The predicted molar refractivity (Wildman–Crippen MR) is 126 cm³/mol. The van der Waals surface area contributed by atoms with Crippen LogP contribution in [0, 0.1) is 0 Å². The molecule has 0 radical (unpaired) electrons. The van der Waals surface area contributed by atoms with Crippen molar-refractivity contribution < 1.29 is 37.1 Å². The lowest BCUT2D eigenvalue weighted by Crippen LogP contribution is -2.48. The number of carbonyl (C=O) groups excluding carboxylic acids is 2. The topological polar surface area (TPSA) is 115 Å². The molecular formula is C23H31FN3O7P. The molecule has 1 aromatic rings. The average Bonchev–Trinajstić information content (AvgIpc) is 3.06. The molecule has 1 fully saturated rings. The SMILES string of the molecule is C=C1NC(=O)C=CN1[C@@H]1O[C@H](COP(=O)(NC(C)C(=O)OC(C)C)Oc2ccccc2)C[C@@]1(C)F. The summed E-state index contributed by atoms with van der Waals surface area (Å²) in [6.07, 6.45) is 0.279. The van der Waals surface area contributed by atoms with Crippen LogP contribution in [0.1, 0.15) is 34.1 Å². The molecule has 2 unspecified atom stereocenters. The molecule has 1 saturated heterocycles. The van der Waals surface area contributed by atoms with Crippen molar-refractivity contribution in [2.45, 2.75) is 64.3 Å². The van der Waals surface area contributed by atoms with Crippen LogP contribution in [0.4, 0.5) is 4.39 Å². The van der Waals surface area contributed by atoms with Crippen molar-refractivity contribution in [1.29, 1.82) is 0 Å². The van der Waals surface area contributed by atoms with Gasteiger partial charge in [-0.3, -0.25) is 14.1 Å². The van der Waals surface area contributed by atoms with Crippen LogP contribution in [-0.2, 0) is 28.2 Å². The summed E-state index contributed by atoms with van der Waals surface area (Å²) in [6.45, 7) is 9.65. The fraction of sp³-hybridized carbons (Fsp3) is 0.478. The first-order chi connectivity index (χ1) is 16.4. The number of halogens is 1. The molecular weight excluding hydrogens is 480 g/mol. The second kappa shape index (κ2) is 10.9. The van der Waals surface area contributed by atoms with Gasteiger partial charge in [0.05, 0.1) is 18.8 Å². The van der Waals surface area contributed by atoms with Crippen LogP contribution < -0.4 is 14.9 Å². The zero-order chi connectivity index (χ0) is 25.8. The summed E-state index contributed by atoms with van der Waals surface area (Å²) in [5.74, 6) is -0.588. The summed E-state index contributed by atoms with van der Waals surface area (Å²) >= 11 is 0. The maximum absolute atomic E-state index is 15.4. The normalized spacial score (nSPS) is 26.9. The Morgan fingerprint density at radius 2 is 2.06 bits per heavy atom. The maximum atomic E-state index is 15.4. The van der Waals surface area contributed by atoms with Gasteiger partial charge in [-0.25, -0.2) is 8.96 Å². The van der Waals surface area contributed by atoms with Gasteiger partial charge in [0.1, 0.15) is 17.6 Å². The van der Waals surface area contributed by atoms with E-state index >= 15 is 4.39 Å². The fourth-order valence-electron chi connectivity index (χ4n) is 3.59. The number of hydrogen-bond donors (Lipinski definition) is 2. The Hall–Kier alpha value is -2.72. The molecule has 0 saturated carbocycles.